The average molecular weight is 429 g/mol. The highest BCUT2D eigenvalue weighted by Crippen LogP contribution is 2.64. The van der Waals surface area contributed by atoms with E-state index in [1.165, 1.54) is 37.7 Å². The maximum atomic E-state index is 9.42. The Hall–Kier alpha value is -1.14. The Bertz CT molecular complexity index is 780. The highest BCUT2D eigenvalue weighted by Gasteiger charge is 2.66. The number of hydrogen-bond donors (Lipinski definition) is 1. The fraction of sp³-hybridized carbons (Fsp3) is 0.769. The van der Waals surface area contributed by atoms with Crippen molar-refractivity contribution >= 4 is 0 Å². The average Bonchev–Trinajstić information content (AvgIpc) is 3.13. The fourth-order valence-corrected chi connectivity index (χ4v) is 7.35. The molecule has 1 aromatic carbocycles. The second-order valence-electron chi connectivity index (χ2n) is 11.6. The third kappa shape index (κ3) is 3.43. The Labute approximate surface area is 185 Å². The minimum atomic E-state index is -0.566. The van der Waals surface area contributed by atoms with Crippen molar-refractivity contribution < 1.29 is 24.4 Å². The van der Waals surface area contributed by atoms with Gasteiger partial charge >= 0.3 is 0 Å². The highest BCUT2D eigenvalue weighted by atomic mass is 17.3. The molecule has 1 N–H and O–H groups in total. The molecule has 5 saturated carbocycles. The van der Waals surface area contributed by atoms with Crippen LogP contribution in [0.25, 0.3) is 0 Å². The maximum absolute atomic E-state index is 9.42. The summed E-state index contributed by atoms with van der Waals surface area (Å²) in [4.78, 5) is 12.2. The fourth-order valence-electron chi connectivity index (χ4n) is 7.35. The Kier molecular flexibility index (Phi) is 4.74. The minimum Gasteiger partial charge on any atom is -0.485 e. The van der Waals surface area contributed by atoms with E-state index in [0.717, 1.165) is 43.3 Å². The molecule has 0 atom stereocenters. The van der Waals surface area contributed by atoms with Gasteiger partial charge in [0.25, 0.3) is 0 Å². The van der Waals surface area contributed by atoms with Gasteiger partial charge in [0.15, 0.2) is 0 Å². The Morgan fingerprint density at radius 1 is 0.935 bits per heavy atom. The normalized spacial score (nSPS) is 43.8. The molecule has 2 spiro atoms. The molecule has 4 bridgehead atoms. The molecule has 1 aromatic rings. The van der Waals surface area contributed by atoms with Gasteiger partial charge in [-0.1, -0.05) is 12.1 Å². The van der Waals surface area contributed by atoms with Crippen LogP contribution in [0.15, 0.2) is 24.3 Å². The predicted octanol–water partition coefficient (Wildman–Crippen LogP) is 5.32. The van der Waals surface area contributed by atoms with E-state index in [9.17, 15) is 5.11 Å². The monoisotopic (exact) mass is 428 g/mol. The summed E-state index contributed by atoms with van der Waals surface area (Å²) in [5, 5.41) is 9.42. The van der Waals surface area contributed by atoms with Gasteiger partial charge in [-0.2, -0.15) is 9.78 Å². The molecule has 6 aliphatic rings. The molecule has 170 valence electrons. The molecule has 6 fully saturated rings. The molecule has 5 aliphatic carbocycles. The summed E-state index contributed by atoms with van der Waals surface area (Å²) < 4.78 is 12.7. The third-order valence-corrected chi connectivity index (χ3v) is 8.82. The largest absolute Gasteiger partial charge is 0.485 e. The number of hydrogen-bond acceptors (Lipinski definition) is 5. The van der Waals surface area contributed by atoms with Gasteiger partial charge in [0.1, 0.15) is 11.4 Å². The standard InChI is InChI=1S/C26H36O5/c1-24(2,16-27)28-23-5-3-19(4-6-23)20-7-9-25(10-8-20)29-26(31-30-25)21-12-17-11-18(14-21)15-22(26)13-17/h3-6,17-18,20-22,27H,7-16H2,1-2H3/t17?,18?,20-,21?,22?,25+,26-. The van der Waals surface area contributed by atoms with Crippen molar-refractivity contribution in [3.8, 4) is 5.75 Å². The molecule has 7 rings (SSSR count). The number of aliphatic hydroxyl groups excluding tert-OH is 1. The molecule has 1 aliphatic heterocycles. The van der Waals surface area contributed by atoms with Gasteiger partial charge in [0.05, 0.1) is 6.61 Å². The van der Waals surface area contributed by atoms with E-state index in [1.807, 2.05) is 26.0 Å². The van der Waals surface area contributed by atoms with Gasteiger partial charge in [-0.3, -0.25) is 0 Å². The highest BCUT2D eigenvalue weighted by molar-refractivity contribution is 5.30. The zero-order valence-electron chi connectivity index (χ0n) is 18.8. The van der Waals surface area contributed by atoms with E-state index in [1.54, 1.807) is 0 Å². The molecule has 31 heavy (non-hydrogen) atoms. The lowest BCUT2D eigenvalue weighted by Crippen LogP contribution is -2.59. The van der Waals surface area contributed by atoms with Crippen molar-refractivity contribution in [1.29, 1.82) is 0 Å². The molecule has 5 nitrogen and oxygen atoms in total. The summed E-state index contributed by atoms with van der Waals surface area (Å²) >= 11 is 0. The first-order valence-electron chi connectivity index (χ1n) is 12.4. The van der Waals surface area contributed by atoms with Gasteiger partial charge in [-0.15, -0.1) is 0 Å². The van der Waals surface area contributed by atoms with Crippen LogP contribution < -0.4 is 4.74 Å². The second-order valence-corrected chi connectivity index (χ2v) is 11.6. The number of benzene rings is 1. The summed E-state index contributed by atoms with van der Waals surface area (Å²) in [6, 6.07) is 8.37. The lowest BCUT2D eigenvalue weighted by molar-refractivity contribution is -0.390. The van der Waals surface area contributed by atoms with Crippen LogP contribution in [0.5, 0.6) is 5.75 Å². The molecule has 0 aromatic heterocycles. The van der Waals surface area contributed by atoms with Gasteiger partial charge in [0, 0.05) is 24.7 Å². The molecule has 0 amide bonds. The maximum Gasteiger partial charge on any atom is 0.210 e. The Morgan fingerprint density at radius 3 is 2.13 bits per heavy atom. The van der Waals surface area contributed by atoms with Crippen LogP contribution in [0.2, 0.25) is 0 Å². The van der Waals surface area contributed by atoms with Crippen molar-refractivity contribution in [2.45, 2.75) is 94.7 Å². The molecule has 0 radical (unpaired) electrons. The molecule has 5 heteroatoms. The molecule has 1 saturated heterocycles. The van der Waals surface area contributed by atoms with Gasteiger partial charge in [-0.25, -0.2) is 0 Å². The van der Waals surface area contributed by atoms with E-state index in [4.69, 9.17) is 19.2 Å². The summed E-state index contributed by atoms with van der Waals surface area (Å²) in [5.74, 6) is 3.14. The smallest absolute Gasteiger partial charge is 0.210 e. The number of rotatable bonds is 4. The van der Waals surface area contributed by atoms with Crippen LogP contribution >= 0.6 is 0 Å². The topological polar surface area (TPSA) is 57.2 Å². The van der Waals surface area contributed by atoms with Crippen molar-refractivity contribution in [2.24, 2.45) is 23.7 Å². The summed E-state index contributed by atoms with van der Waals surface area (Å²) in [6.45, 7) is 3.77. The number of aliphatic hydroxyl groups is 1. The lowest BCUT2D eigenvalue weighted by atomic mass is 9.53. The lowest BCUT2D eigenvalue weighted by Gasteiger charge is -2.57. The first-order valence-corrected chi connectivity index (χ1v) is 12.4. The third-order valence-electron chi connectivity index (χ3n) is 8.82. The van der Waals surface area contributed by atoms with Crippen LogP contribution in [-0.2, 0) is 14.5 Å². The van der Waals surface area contributed by atoms with Gasteiger partial charge in [-0.05, 0) is 94.2 Å². The zero-order valence-corrected chi connectivity index (χ0v) is 18.8. The zero-order chi connectivity index (χ0) is 21.3. The minimum absolute atomic E-state index is 0.00789. The van der Waals surface area contributed by atoms with Crippen LogP contribution in [0.4, 0.5) is 0 Å². The predicted molar refractivity (Wildman–Crippen MR) is 115 cm³/mol. The van der Waals surface area contributed by atoms with Crippen LogP contribution in [0.3, 0.4) is 0 Å². The SMILES string of the molecule is CC(C)(CO)Oc1ccc([C@H]2CC[C@]3(CC2)OO[C@]2(O3)C3CC4CC(C3)CC2C4)cc1. The molecule has 0 unspecified atom stereocenters. The Morgan fingerprint density at radius 2 is 1.55 bits per heavy atom. The van der Waals surface area contributed by atoms with Crippen molar-refractivity contribution in [1.82, 2.24) is 0 Å². The van der Waals surface area contributed by atoms with E-state index in [2.05, 4.69) is 12.1 Å². The quantitative estimate of drug-likeness (QED) is 0.658. The summed E-state index contributed by atoms with van der Waals surface area (Å²) in [7, 11) is 0. The van der Waals surface area contributed by atoms with Crippen molar-refractivity contribution in [2.75, 3.05) is 6.61 Å². The van der Waals surface area contributed by atoms with Gasteiger partial charge < -0.3 is 14.6 Å². The van der Waals surface area contributed by atoms with Crippen LogP contribution in [0, 0.1) is 23.7 Å². The second kappa shape index (κ2) is 7.18. The van der Waals surface area contributed by atoms with Crippen molar-refractivity contribution in [3.05, 3.63) is 29.8 Å². The van der Waals surface area contributed by atoms with Crippen LogP contribution in [-0.4, -0.2) is 28.9 Å². The first kappa shape index (κ1) is 20.5. The van der Waals surface area contributed by atoms with Gasteiger partial charge in [0.2, 0.25) is 11.6 Å². The van der Waals surface area contributed by atoms with E-state index >= 15 is 0 Å². The summed E-state index contributed by atoms with van der Waals surface area (Å²) in [6.07, 6.45) is 10.3. The van der Waals surface area contributed by atoms with E-state index in [0.29, 0.717) is 17.8 Å². The molecular weight excluding hydrogens is 392 g/mol. The first-order chi connectivity index (χ1) is 14.9. The Balaban J connectivity index is 1.10. The van der Waals surface area contributed by atoms with E-state index < -0.39 is 17.2 Å². The summed E-state index contributed by atoms with van der Waals surface area (Å²) in [5.41, 5.74) is 0.774. The molecular formula is C26H36O5. The van der Waals surface area contributed by atoms with E-state index in [-0.39, 0.29) is 6.61 Å². The van der Waals surface area contributed by atoms with Crippen LogP contribution in [0.1, 0.15) is 83.1 Å². The molecule has 1 heterocycles. The number of ether oxygens (including phenoxy) is 2. The van der Waals surface area contributed by atoms with Crippen molar-refractivity contribution in [3.63, 3.8) is 0 Å².